The molecule has 0 aromatic carbocycles. The van der Waals surface area contributed by atoms with Crippen LogP contribution in [0.3, 0.4) is 0 Å². The lowest BCUT2D eigenvalue weighted by Gasteiger charge is -2.31. The number of ether oxygens (including phenoxy) is 1. The monoisotopic (exact) mass is 272 g/mol. The molecule has 0 saturated heterocycles. The third kappa shape index (κ3) is 3.90. The molecular formula is C12H20N2O5. The van der Waals surface area contributed by atoms with Crippen LogP contribution >= 0.6 is 0 Å². The van der Waals surface area contributed by atoms with Crippen LogP contribution in [-0.4, -0.2) is 35.5 Å². The Morgan fingerprint density at radius 1 is 1.37 bits per heavy atom. The molecule has 1 fully saturated rings. The number of carbonyl (C=O) groups is 2. The summed E-state index contributed by atoms with van der Waals surface area (Å²) in [6, 6.07) is -0.953. The van der Waals surface area contributed by atoms with E-state index in [1.54, 1.807) is 0 Å². The molecule has 0 radical (unpaired) electrons. The van der Waals surface area contributed by atoms with Crippen molar-refractivity contribution in [3.8, 4) is 0 Å². The van der Waals surface area contributed by atoms with Gasteiger partial charge < -0.3 is 10.1 Å². The Kier molecular flexibility index (Phi) is 5.26. The normalized spacial score (nSPS) is 19.3. The van der Waals surface area contributed by atoms with Gasteiger partial charge >= 0.3 is 5.97 Å². The average molecular weight is 272 g/mol. The summed E-state index contributed by atoms with van der Waals surface area (Å²) >= 11 is 0. The van der Waals surface area contributed by atoms with E-state index in [0.29, 0.717) is 12.8 Å². The topological polar surface area (TPSA) is 98.5 Å². The smallest absolute Gasteiger partial charge is 0.328 e. The van der Waals surface area contributed by atoms with Gasteiger partial charge in [-0.3, -0.25) is 14.9 Å². The number of hydrogen-bond donors (Lipinski definition) is 1. The van der Waals surface area contributed by atoms with Gasteiger partial charge in [0.1, 0.15) is 6.04 Å². The number of amides is 1. The first-order chi connectivity index (χ1) is 8.91. The molecule has 1 aliphatic carbocycles. The van der Waals surface area contributed by atoms with E-state index in [1.165, 1.54) is 14.0 Å². The molecule has 0 heterocycles. The van der Waals surface area contributed by atoms with Crippen molar-refractivity contribution in [3.05, 3.63) is 10.1 Å². The van der Waals surface area contributed by atoms with E-state index in [0.717, 1.165) is 19.3 Å². The summed E-state index contributed by atoms with van der Waals surface area (Å²) in [5, 5.41) is 13.8. The second-order valence-electron chi connectivity index (χ2n) is 5.02. The molecule has 1 unspecified atom stereocenters. The van der Waals surface area contributed by atoms with E-state index >= 15 is 0 Å². The quantitative estimate of drug-likeness (QED) is 0.458. The molecule has 0 spiro atoms. The first-order valence-electron chi connectivity index (χ1n) is 6.41. The second kappa shape index (κ2) is 6.49. The number of nitrogens with one attached hydrogen (secondary N) is 1. The Hall–Kier alpha value is -1.66. The molecule has 7 heteroatoms. The number of methoxy groups -OCH3 is 1. The zero-order chi connectivity index (χ0) is 14.5. The van der Waals surface area contributed by atoms with Crippen molar-refractivity contribution in [1.29, 1.82) is 0 Å². The first-order valence-corrected chi connectivity index (χ1v) is 6.41. The number of hydrogen-bond acceptors (Lipinski definition) is 5. The molecule has 1 rings (SSSR count). The van der Waals surface area contributed by atoms with Crippen molar-refractivity contribution in [2.24, 2.45) is 0 Å². The molecule has 19 heavy (non-hydrogen) atoms. The van der Waals surface area contributed by atoms with Crippen LogP contribution in [0.5, 0.6) is 0 Å². The Labute approximate surface area is 111 Å². The third-order valence-electron chi connectivity index (χ3n) is 3.62. The highest BCUT2D eigenvalue weighted by molar-refractivity contribution is 5.83. The van der Waals surface area contributed by atoms with E-state index in [9.17, 15) is 19.7 Å². The number of nitrogens with zero attached hydrogens (tertiary/aromatic N) is 1. The zero-order valence-electron chi connectivity index (χ0n) is 11.3. The van der Waals surface area contributed by atoms with Crippen LogP contribution < -0.4 is 5.32 Å². The van der Waals surface area contributed by atoms with Crippen molar-refractivity contribution in [2.45, 2.75) is 57.0 Å². The van der Waals surface area contributed by atoms with E-state index < -0.39 is 23.5 Å². The average Bonchev–Trinajstić information content (AvgIpc) is 2.37. The third-order valence-corrected chi connectivity index (χ3v) is 3.62. The van der Waals surface area contributed by atoms with Gasteiger partial charge in [0.05, 0.1) is 7.11 Å². The van der Waals surface area contributed by atoms with Crippen molar-refractivity contribution in [1.82, 2.24) is 5.32 Å². The molecule has 1 aliphatic rings. The maximum absolute atomic E-state index is 11.6. The number of carbonyl (C=O) groups excluding carboxylic acids is 2. The van der Waals surface area contributed by atoms with Gasteiger partial charge in [-0.2, -0.15) is 0 Å². The standard InChI is InChI=1S/C12H20N2O5/c1-9(15)13-10(11(16)19-2)8-12(14(17)18)6-4-3-5-7-12/h10H,3-8H2,1-2H3,(H,13,15). The van der Waals surface area contributed by atoms with Crippen molar-refractivity contribution in [3.63, 3.8) is 0 Å². The Bertz CT molecular complexity index is 363. The van der Waals surface area contributed by atoms with Gasteiger partial charge in [0, 0.05) is 31.1 Å². The highest BCUT2D eigenvalue weighted by atomic mass is 16.6. The van der Waals surface area contributed by atoms with Gasteiger partial charge in [-0.05, 0) is 12.8 Å². The van der Waals surface area contributed by atoms with Gasteiger partial charge in [-0.25, -0.2) is 4.79 Å². The minimum absolute atomic E-state index is 0.00769. The van der Waals surface area contributed by atoms with E-state index in [4.69, 9.17) is 0 Å². The van der Waals surface area contributed by atoms with Crippen LogP contribution in [0, 0.1) is 10.1 Å². The minimum Gasteiger partial charge on any atom is -0.467 e. The summed E-state index contributed by atoms with van der Waals surface area (Å²) in [6.45, 7) is 1.27. The summed E-state index contributed by atoms with van der Waals surface area (Å²) in [6.07, 6.45) is 3.38. The Morgan fingerprint density at radius 3 is 2.37 bits per heavy atom. The zero-order valence-corrected chi connectivity index (χ0v) is 11.3. The van der Waals surface area contributed by atoms with Crippen molar-refractivity contribution >= 4 is 11.9 Å². The fraction of sp³-hybridized carbons (Fsp3) is 0.833. The predicted molar refractivity (Wildman–Crippen MR) is 67.0 cm³/mol. The van der Waals surface area contributed by atoms with Crippen molar-refractivity contribution < 1.29 is 19.2 Å². The molecular weight excluding hydrogens is 252 g/mol. The molecule has 108 valence electrons. The number of rotatable bonds is 5. The molecule has 0 bridgehead atoms. The van der Waals surface area contributed by atoms with Crippen LogP contribution in [0.25, 0.3) is 0 Å². The van der Waals surface area contributed by atoms with E-state index in [2.05, 4.69) is 10.1 Å². The number of esters is 1. The molecule has 1 amide bonds. The lowest BCUT2D eigenvalue weighted by atomic mass is 9.78. The molecule has 0 aromatic rings. The largest absolute Gasteiger partial charge is 0.467 e. The highest BCUT2D eigenvalue weighted by Gasteiger charge is 2.47. The first kappa shape index (κ1) is 15.4. The fourth-order valence-electron chi connectivity index (χ4n) is 2.63. The Balaban J connectivity index is 2.86. The van der Waals surface area contributed by atoms with Gasteiger partial charge in [-0.15, -0.1) is 0 Å². The molecule has 1 saturated carbocycles. The van der Waals surface area contributed by atoms with Crippen LogP contribution in [-0.2, 0) is 14.3 Å². The molecule has 1 N–H and O–H groups in total. The lowest BCUT2D eigenvalue weighted by Crippen LogP contribution is -2.50. The van der Waals surface area contributed by atoms with Crippen LogP contribution in [0.4, 0.5) is 0 Å². The van der Waals surface area contributed by atoms with Crippen LogP contribution in [0.1, 0.15) is 45.4 Å². The van der Waals surface area contributed by atoms with E-state index in [-0.39, 0.29) is 11.3 Å². The molecule has 1 atom stereocenters. The molecule has 7 nitrogen and oxygen atoms in total. The maximum atomic E-state index is 11.6. The SMILES string of the molecule is COC(=O)C(CC1([N+](=O)[O-])CCCCC1)NC(C)=O. The van der Waals surface area contributed by atoms with Crippen LogP contribution in [0.15, 0.2) is 0 Å². The minimum atomic E-state index is -1.13. The summed E-state index contributed by atoms with van der Waals surface area (Å²) in [7, 11) is 1.21. The summed E-state index contributed by atoms with van der Waals surface area (Å²) in [5.41, 5.74) is -1.13. The number of nitro groups is 1. The summed E-state index contributed by atoms with van der Waals surface area (Å²) < 4.78 is 4.60. The fourth-order valence-corrected chi connectivity index (χ4v) is 2.63. The highest BCUT2D eigenvalue weighted by Crippen LogP contribution is 2.35. The van der Waals surface area contributed by atoms with Gasteiger partial charge in [0.2, 0.25) is 11.4 Å². The molecule has 0 aliphatic heterocycles. The van der Waals surface area contributed by atoms with Gasteiger partial charge in [0.15, 0.2) is 0 Å². The predicted octanol–water partition coefficient (Wildman–Crippen LogP) is 1.03. The maximum Gasteiger partial charge on any atom is 0.328 e. The summed E-state index contributed by atoms with van der Waals surface area (Å²) in [5.74, 6) is -1.04. The van der Waals surface area contributed by atoms with E-state index in [1.807, 2.05) is 0 Å². The second-order valence-corrected chi connectivity index (χ2v) is 5.02. The molecule has 0 aromatic heterocycles. The van der Waals surface area contributed by atoms with Gasteiger partial charge in [0.25, 0.3) is 0 Å². The Morgan fingerprint density at radius 2 is 1.95 bits per heavy atom. The summed E-state index contributed by atoms with van der Waals surface area (Å²) in [4.78, 5) is 33.8. The van der Waals surface area contributed by atoms with Gasteiger partial charge in [-0.1, -0.05) is 6.42 Å². The van der Waals surface area contributed by atoms with Crippen LogP contribution in [0.2, 0.25) is 0 Å². The van der Waals surface area contributed by atoms with Crippen molar-refractivity contribution in [2.75, 3.05) is 7.11 Å². The lowest BCUT2D eigenvalue weighted by molar-refractivity contribution is -0.576.